The highest BCUT2D eigenvalue weighted by molar-refractivity contribution is 7.71. The zero-order valence-corrected chi connectivity index (χ0v) is 19.8. The molecule has 0 saturated carbocycles. The maximum Gasteiger partial charge on any atom is 0.216 e. The summed E-state index contributed by atoms with van der Waals surface area (Å²) in [6.07, 6.45) is 1.70. The predicted octanol–water partition coefficient (Wildman–Crippen LogP) is 5.09. The molecule has 174 valence electrons. The fourth-order valence-corrected chi connectivity index (χ4v) is 3.53. The molecular formula is C25H24N4O4S. The van der Waals surface area contributed by atoms with Crippen LogP contribution in [0.25, 0.3) is 11.4 Å². The van der Waals surface area contributed by atoms with Gasteiger partial charge in [-0.05, 0) is 47.6 Å². The summed E-state index contributed by atoms with van der Waals surface area (Å²) in [7, 11) is 4.67. The van der Waals surface area contributed by atoms with Crippen LogP contribution < -0.4 is 18.9 Å². The zero-order valence-electron chi connectivity index (χ0n) is 19.0. The van der Waals surface area contributed by atoms with Crippen molar-refractivity contribution in [2.24, 2.45) is 5.10 Å². The van der Waals surface area contributed by atoms with Gasteiger partial charge in [-0.25, -0.2) is 5.10 Å². The molecule has 3 aromatic carbocycles. The number of ether oxygens (including phenoxy) is 4. The van der Waals surface area contributed by atoms with Gasteiger partial charge in [0.2, 0.25) is 10.5 Å². The van der Waals surface area contributed by atoms with Gasteiger partial charge in [0.15, 0.2) is 17.3 Å². The lowest BCUT2D eigenvalue weighted by molar-refractivity contribution is 0.306. The minimum absolute atomic E-state index is 0.344. The molecule has 8 nitrogen and oxygen atoms in total. The first kappa shape index (κ1) is 23.1. The zero-order chi connectivity index (χ0) is 23.9. The van der Waals surface area contributed by atoms with E-state index in [4.69, 9.17) is 31.2 Å². The molecule has 4 rings (SSSR count). The third-order valence-electron chi connectivity index (χ3n) is 5.00. The van der Waals surface area contributed by atoms with E-state index < -0.39 is 0 Å². The summed E-state index contributed by atoms with van der Waals surface area (Å²) in [5.74, 6) is 2.74. The molecule has 34 heavy (non-hydrogen) atoms. The lowest BCUT2D eigenvalue weighted by Crippen LogP contribution is -1.99. The number of hydrogen-bond donors (Lipinski definition) is 1. The average Bonchev–Trinajstić information content (AvgIpc) is 3.26. The number of nitrogens with zero attached hydrogens (tertiary/aromatic N) is 3. The van der Waals surface area contributed by atoms with E-state index in [0.717, 1.165) is 16.9 Å². The molecule has 0 spiro atoms. The van der Waals surface area contributed by atoms with E-state index in [1.165, 1.54) is 4.68 Å². The van der Waals surface area contributed by atoms with Crippen LogP contribution in [-0.4, -0.2) is 42.4 Å². The van der Waals surface area contributed by atoms with E-state index in [9.17, 15) is 0 Å². The first-order valence-corrected chi connectivity index (χ1v) is 10.8. The van der Waals surface area contributed by atoms with Crippen LogP contribution in [0, 0.1) is 4.77 Å². The summed E-state index contributed by atoms with van der Waals surface area (Å²) in [5, 5.41) is 11.7. The number of benzene rings is 3. The van der Waals surface area contributed by atoms with Crippen LogP contribution in [0.5, 0.6) is 23.0 Å². The third kappa shape index (κ3) is 5.10. The summed E-state index contributed by atoms with van der Waals surface area (Å²) in [5.41, 5.74) is 2.64. The average molecular weight is 477 g/mol. The van der Waals surface area contributed by atoms with Gasteiger partial charge in [-0.3, -0.25) is 0 Å². The second-order valence-corrected chi connectivity index (χ2v) is 7.56. The van der Waals surface area contributed by atoms with Gasteiger partial charge >= 0.3 is 0 Å². The molecule has 0 unspecified atom stereocenters. The molecule has 0 saturated heterocycles. The minimum atomic E-state index is 0.344. The highest BCUT2D eigenvalue weighted by atomic mass is 32.1. The van der Waals surface area contributed by atoms with Gasteiger partial charge in [-0.15, -0.1) is 0 Å². The van der Waals surface area contributed by atoms with Crippen LogP contribution in [0.2, 0.25) is 0 Å². The topological polar surface area (TPSA) is 82.9 Å². The summed E-state index contributed by atoms with van der Waals surface area (Å²) >= 11 is 5.40. The molecule has 1 N–H and O–H groups in total. The van der Waals surface area contributed by atoms with Gasteiger partial charge in [0, 0.05) is 5.56 Å². The summed E-state index contributed by atoms with van der Waals surface area (Å²) < 4.78 is 24.1. The Hall–Kier alpha value is -4.11. The Morgan fingerprint density at radius 3 is 2.35 bits per heavy atom. The lowest BCUT2D eigenvalue weighted by Gasteiger charge is -2.13. The molecule has 0 bridgehead atoms. The molecule has 4 aromatic rings. The number of aromatic amines is 1. The highest BCUT2D eigenvalue weighted by Crippen LogP contribution is 2.40. The van der Waals surface area contributed by atoms with E-state index in [-0.39, 0.29) is 0 Å². The van der Waals surface area contributed by atoms with Crippen LogP contribution in [0.3, 0.4) is 0 Å². The van der Waals surface area contributed by atoms with Crippen LogP contribution in [0.4, 0.5) is 0 Å². The van der Waals surface area contributed by atoms with E-state index in [1.807, 2.05) is 54.6 Å². The van der Waals surface area contributed by atoms with Crippen molar-refractivity contribution in [3.05, 3.63) is 82.6 Å². The van der Waals surface area contributed by atoms with E-state index in [0.29, 0.717) is 40.0 Å². The number of aromatic nitrogens is 3. The molecule has 0 atom stereocenters. The molecule has 0 aliphatic carbocycles. The Morgan fingerprint density at radius 2 is 1.68 bits per heavy atom. The van der Waals surface area contributed by atoms with Gasteiger partial charge < -0.3 is 18.9 Å². The van der Waals surface area contributed by atoms with E-state index in [2.05, 4.69) is 15.3 Å². The maximum atomic E-state index is 5.91. The van der Waals surface area contributed by atoms with Crippen molar-refractivity contribution in [2.45, 2.75) is 6.61 Å². The van der Waals surface area contributed by atoms with Crippen molar-refractivity contribution in [1.82, 2.24) is 14.9 Å². The van der Waals surface area contributed by atoms with Gasteiger partial charge in [-0.2, -0.15) is 14.9 Å². The maximum absolute atomic E-state index is 5.91. The Kier molecular flexibility index (Phi) is 7.24. The van der Waals surface area contributed by atoms with Gasteiger partial charge in [0.25, 0.3) is 0 Å². The monoisotopic (exact) mass is 476 g/mol. The summed E-state index contributed by atoms with van der Waals surface area (Å²) in [6.45, 7) is 0.486. The van der Waals surface area contributed by atoms with Crippen molar-refractivity contribution in [1.29, 1.82) is 0 Å². The van der Waals surface area contributed by atoms with Crippen LogP contribution in [0.15, 0.2) is 71.8 Å². The molecule has 0 radical (unpaired) electrons. The number of methoxy groups -OCH3 is 3. The van der Waals surface area contributed by atoms with Crippen molar-refractivity contribution in [3.63, 3.8) is 0 Å². The first-order valence-electron chi connectivity index (χ1n) is 10.4. The minimum Gasteiger partial charge on any atom is -0.493 e. The standard InChI is InChI=1S/C25H24N4O4S/c1-30-21-13-19(14-22(31-2)23(21)32-3)24-27-28-25(34)29(24)26-15-18-10-7-11-20(12-18)33-16-17-8-5-4-6-9-17/h4-15H,16H2,1-3H3,(H,28,34). The SMILES string of the molecule is COc1cc(-c2n[nH]c(=S)n2N=Cc2cccc(OCc3ccccc3)c2)cc(OC)c1OC. The van der Waals surface area contributed by atoms with E-state index >= 15 is 0 Å². The molecule has 0 aliphatic heterocycles. The number of nitrogens with one attached hydrogen (secondary N) is 1. The van der Waals surface area contributed by atoms with Gasteiger partial charge in [0.1, 0.15) is 12.4 Å². The Morgan fingerprint density at radius 1 is 0.941 bits per heavy atom. The summed E-state index contributed by atoms with van der Waals surface area (Å²) in [4.78, 5) is 0. The Balaban J connectivity index is 1.60. The molecular weight excluding hydrogens is 452 g/mol. The van der Waals surface area contributed by atoms with Crippen LogP contribution in [-0.2, 0) is 6.61 Å². The first-order chi connectivity index (χ1) is 16.6. The van der Waals surface area contributed by atoms with Gasteiger partial charge in [-0.1, -0.05) is 42.5 Å². The largest absolute Gasteiger partial charge is 0.493 e. The van der Waals surface area contributed by atoms with Crippen molar-refractivity contribution in [3.8, 4) is 34.4 Å². The lowest BCUT2D eigenvalue weighted by atomic mass is 10.1. The molecule has 0 amide bonds. The van der Waals surface area contributed by atoms with Crippen molar-refractivity contribution in [2.75, 3.05) is 21.3 Å². The highest BCUT2D eigenvalue weighted by Gasteiger charge is 2.17. The molecule has 1 heterocycles. The number of hydrogen-bond acceptors (Lipinski definition) is 7. The smallest absolute Gasteiger partial charge is 0.216 e. The fraction of sp³-hybridized carbons (Fsp3) is 0.160. The second kappa shape index (κ2) is 10.7. The Bertz CT molecular complexity index is 1320. The molecule has 0 fully saturated rings. The molecule has 1 aromatic heterocycles. The number of H-pyrrole nitrogens is 1. The normalized spacial score (nSPS) is 10.9. The predicted molar refractivity (Wildman–Crippen MR) is 133 cm³/mol. The van der Waals surface area contributed by atoms with Crippen LogP contribution >= 0.6 is 12.2 Å². The molecule has 9 heteroatoms. The fourth-order valence-electron chi connectivity index (χ4n) is 3.35. The van der Waals surface area contributed by atoms with Crippen LogP contribution in [0.1, 0.15) is 11.1 Å². The van der Waals surface area contributed by atoms with E-state index in [1.54, 1.807) is 39.7 Å². The second-order valence-electron chi connectivity index (χ2n) is 7.17. The quantitative estimate of drug-likeness (QED) is 0.268. The third-order valence-corrected chi connectivity index (χ3v) is 5.27. The molecule has 0 aliphatic rings. The van der Waals surface area contributed by atoms with Crippen molar-refractivity contribution < 1.29 is 18.9 Å². The summed E-state index contributed by atoms with van der Waals surface area (Å²) in [6, 6.07) is 21.2. The van der Waals surface area contributed by atoms with Gasteiger partial charge in [0.05, 0.1) is 27.5 Å². The number of rotatable bonds is 9. The Labute approximate surface area is 202 Å². The van der Waals surface area contributed by atoms with Crippen molar-refractivity contribution >= 4 is 18.4 Å².